The van der Waals surface area contributed by atoms with Gasteiger partial charge in [0.15, 0.2) is 0 Å². The second-order valence-electron chi connectivity index (χ2n) is 7.44. The molecular formula is C21H27N5O2. The average molecular weight is 381 g/mol. The molecule has 0 spiro atoms. The largest absolute Gasteiger partial charge is 0.355 e. The van der Waals surface area contributed by atoms with Crippen molar-refractivity contribution in [1.82, 2.24) is 20.2 Å². The Balaban J connectivity index is 1.50. The van der Waals surface area contributed by atoms with Crippen LogP contribution >= 0.6 is 0 Å². The van der Waals surface area contributed by atoms with Crippen LogP contribution in [0.4, 0.5) is 5.95 Å². The molecule has 0 bridgehead atoms. The molecule has 2 aromatic rings. The van der Waals surface area contributed by atoms with Gasteiger partial charge in [0, 0.05) is 45.1 Å². The first-order valence-corrected chi connectivity index (χ1v) is 9.62. The quantitative estimate of drug-likeness (QED) is 0.768. The van der Waals surface area contributed by atoms with Gasteiger partial charge in [-0.25, -0.2) is 9.97 Å². The molecule has 148 valence electrons. The van der Waals surface area contributed by atoms with Crippen molar-refractivity contribution in [3.63, 3.8) is 0 Å². The fraction of sp³-hybridized carbons (Fsp3) is 0.429. The molecule has 1 aliphatic rings. The van der Waals surface area contributed by atoms with E-state index >= 15 is 0 Å². The van der Waals surface area contributed by atoms with Gasteiger partial charge in [-0.05, 0) is 31.9 Å². The van der Waals surface area contributed by atoms with E-state index in [4.69, 9.17) is 0 Å². The summed E-state index contributed by atoms with van der Waals surface area (Å²) in [7, 11) is 0. The first kappa shape index (κ1) is 19.8. The van der Waals surface area contributed by atoms with Crippen LogP contribution in [0, 0.1) is 5.41 Å². The summed E-state index contributed by atoms with van der Waals surface area (Å²) in [5, 5.41) is 2.91. The molecule has 28 heavy (non-hydrogen) atoms. The van der Waals surface area contributed by atoms with E-state index in [1.54, 1.807) is 37.2 Å². The minimum Gasteiger partial charge on any atom is -0.355 e. The number of hydrogen-bond donors (Lipinski definition) is 1. The van der Waals surface area contributed by atoms with Crippen LogP contribution in [0.15, 0.2) is 48.8 Å². The smallest absolute Gasteiger partial charge is 0.237 e. The van der Waals surface area contributed by atoms with E-state index in [-0.39, 0.29) is 11.8 Å². The number of nitrogens with zero attached hydrogens (tertiary/aromatic N) is 4. The number of aromatic nitrogens is 2. The topological polar surface area (TPSA) is 78.4 Å². The fourth-order valence-electron chi connectivity index (χ4n) is 3.24. The maximum absolute atomic E-state index is 13.0. The normalized spacial score (nSPS) is 14.6. The number of carbonyl (C=O) groups excluding carboxylic acids is 2. The minimum absolute atomic E-state index is 0.140. The first-order valence-electron chi connectivity index (χ1n) is 9.62. The lowest BCUT2D eigenvalue weighted by Gasteiger charge is -2.38. The summed E-state index contributed by atoms with van der Waals surface area (Å²) in [6.45, 7) is 6.32. The Kier molecular flexibility index (Phi) is 6.23. The molecule has 7 nitrogen and oxygen atoms in total. The molecule has 1 aliphatic heterocycles. The van der Waals surface area contributed by atoms with Gasteiger partial charge in [-0.15, -0.1) is 0 Å². The van der Waals surface area contributed by atoms with Crippen molar-refractivity contribution in [3.05, 3.63) is 54.4 Å². The number of nitrogens with one attached hydrogen (secondary N) is 1. The van der Waals surface area contributed by atoms with Gasteiger partial charge in [0.2, 0.25) is 17.8 Å². The number of amides is 2. The van der Waals surface area contributed by atoms with E-state index in [1.807, 2.05) is 30.3 Å². The van der Waals surface area contributed by atoms with Gasteiger partial charge in [-0.3, -0.25) is 9.59 Å². The molecule has 1 saturated heterocycles. The van der Waals surface area contributed by atoms with E-state index in [1.165, 1.54) is 0 Å². The molecule has 2 heterocycles. The van der Waals surface area contributed by atoms with E-state index in [2.05, 4.69) is 20.2 Å². The van der Waals surface area contributed by atoms with Crippen molar-refractivity contribution in [2.24, 2.45) is 5.41 Å². The lowest BCUT2D eigenvalue weighted by atomic mass is 9.90. The van der Waals surface area contributed by atoms with Crippen LogP contribution in [0.5, 0.6) is 0 Å². The van der Waals surface area contributed by atoms with E-state index in [0.717, 1.165) is 12.0 Å². The van der Waals surface area contributed by atoms with Crippen LogP contribution in [0.25, 0.3) is 0 Å². The molecule has 2 amide bonds. The van der Waals surface area contributed by atoms with Gasteiger partial charge < -0.3 is 15.1 Å². The third-order valence-corrected chi connectivity index (χ3v) is 5.05. The van der Waals surface area contributed by atoms with Crippen molar-refractivity contribution >= 4 is 17.8 Å². The third-order valence-electron chi connectivity index (χ3n) is 5.05. The lowest BCUT2D eigenvalue weighted by Crippen LogP contribution is -2.55. The molecular weight excluding hydrogens is 354 g/mol. The summed E-state index contributed by atoms with van der Waals surface area (Å²) in [5.41, 5.74) is 0.0634. The van der Waals surface area contributed by atoms with Gasteiger partial charge in [-0.2, -0.15) is 0 Å². The van der Waals surface area contributed by atoms with E-state index in [0.29, 0.717) is 38.7 Å². The molecule has 0 unspecified atom stereocenters. The lowest BCUT2D eigenvalue weighted by molar-refractivity contribution is -0.148. The Hall–Kier alpha value is -2.96. The van der Waals surface area contributed by atoms with Crippen LogP contribution in [0.3, 0.4) is 0 Å². The van der Waals surface area contributed by atoms with Crippen molar-refractivity contribution in [1.29, 1.82) is 0 Å². The molecule has 1 aromatic heterocycles. The zero-order valence-corrected chi connectivity index (χ0v) is 16.5. The van der Waals surface area contributed by atoms with Crippen LogP contribution in [0.1, 0.15) is 19.4 Å². The summed E-state index contributed by atoms with van der Waals surface area (Å²) in [6.07, 6.45) is 4.16. The standard InChI is InChI=1S/C21H27N5O2/c1-21(2,18(27)22-12-9-17-7-4-3-5-8-17)19(28)25-13-15-26(16-14-25)20-23-10-6-11-24-20/h3-8,10-11H,9,12-16H2,1-2H3,(H,22,27). The maximum atomic E-state index is 13.0. The van der Waals surface area contributed by atoms with Gasteiger partial charge in [0.05, 0.1) is 0 Å². The zero-order valence-electron chi connectivity index (χ0n) is 16.5. The Morgan fingerprint density at radius 3 is 2.29 bits per heavy atom. The summed E-state index contributed by atoms with van der Waals surface area (Å²) in [6, 6.07) is 11.8. The Bertz CT molecular complexity index is 787. The second kappa shape index (κ2) is 8.82. The summed E-state index contributed by atoms with van der Waals surface area (Å²) >= 11 is 0. The Morgan fingerprint density at radius 2 is 1.64 bits per heavy atom. The highest BCUT2D eigenvalue weighted by molar-refractivity contribution is 6.04. The van der Waals surface area contributed by atoms with E-state index in [9.17, 15) is 9.59 Å². The van der Waals surface area contributed by atoms with Gasteiger partial charge in [-0.1, -0.05) is 30.3 Å². The second-order valence-corrected chi connectivity index (χ2v) is 7.44. The minimum atomic E-state index is -1.10. The predicted molar refractivity (Wildman–Crippen MR) is 108 cm³/mol. The van der Waals surface area contributed by atoms with Crippen LogP contribution in [0.2, 0.25) is 0 Å². The van der Waals surface area contributed by atoms with Crippen molar-refractivity contribution < 1.29 is 9.59 Å². The van der Waals surface area contributed by atoms with Crippen LogP contribution < -0.4 is 10.2 Å². The number of hydrogen-bond acceptors (Lipinski definition) is 5. The summed E-state index contributed by atoms with van der Waals surface area (Å²) in [4.78, 5) is 37.9. The first-order chi connectivity index (χ1) is 13.5. The third kappa shape index (κ3) is 4.65. The van der Waals surface area contributed by atoms with Crippen molar-refractivity contribution in [2.75, 3.05) is 37.6 Å². The Morgan fingerprint density at radius 1 is 1.00 bits per heavy atom. The monoisotopic (exact) mass is 381 g/mol. The molecule has 0 saturated carbocycles. The number of carbonyl (C=O) groups is 2. The number of benzene rings is 1. The summed E-state index contributed by atoms with van der Waals surface area (Å²) < 4.78 is 0. The molecule has 1 fully saturated rings. The number of rotatable bonds is 6. The highest BCUT2D eigenvalue weighted by Gasteiger charge is 2.40. The molecule has 0 aliphatic carbocycles. The summed E-state index contributed by atoms with van der Waals surface area (Å²) in [5.74, 6) is 0.299. The highest BCUT2D eigenvalue weighted by atomic mass is 16.2. The molecule has 1 N–H and O–H groups in total. The SMILES string of the molecule is CC(C)(C(=O)NCCc1ccccc1)C(=O)N1CCN(c2ncccn2)CC1. The van der Waals surface area contributed by atoms with Crippen molar-refractivity contribution in [2.45, 2.75) is 20.3 Å². The van der Waals surface area contributed by atoms with Crippen LogP contribution in [-0.4, -0.2) is 59.4 Å². The van der Waals surface area contributed by atoms with Gasteiger partial charge >= 0.3 is 0 Å². The van der Waals surface area contributed by atoms with E-state index < -0.39 is 5.41 Å². The van der Waals surface area contributed by atoms with Crippen LogP contribution in [-0.2, 0) is 16.0 Å². The molecule has 7 heteroatoms. The Labute approximate surface area is 165 Å². The highest BCUT2D eigenvalue weighted by Crippen LogP contribution is 2.21. The number of anilines is 1. The van der Waals surface area contributed by atoms with Gasteiger partial charge in [0.1, 0.15) is 5.41 Å². The van der Waals surface area contributed by atoms with Crippen molar-refractivity contribution in [3.8, 4) is 0 Å². The number of piperazine rings is 1. The maximum Gasteiger partial charge on any atom is 0.237 e. The fourth-order valence-corrected chi connectivity index (χ4v) is 3.24. The molecule has 1 aromatic carbocycles. The molecule has 0 atom stereocenters. The predicted octanol–water partition coefficient (Wildman–Crippen LogP) is 1.51. The molecule has 0 radical (unpaired) electrons. The zero-order chi connectivity index (χ0) is 20.0. The van der Waals surface area contributed by atoms with Gasteiger partial charge in [0.25, 0.3) is 0 Å². The molecule has 3 rings (SSSR count). The average Bonchev–Trinajstić information content (AvgIpc) is 2.74.